The molecule has 12 rings (SSSR count). The average Bonchev–Trinajstić information content (AvgIpc) is 3.78. The number of rotatable bonds is 4. The number of fused-ring (bicyclic) bond motifs is 10. The lowest BCUT2D eigenvalue weighted by Gasteiger charge is -2.14. The van der Waals surface area contributed by atoms with Gasteiger partial charge < -0.3 is 9.13 Å². The molecule has 0 bridgehead atoms. The summed E-state index contributed by atoms with van der Waals surface area (Å²) in [4.78, 5) is 10.8. The van der Waals surface area contributed by atoms with Crippen LogP contribution in [-0.2, 0) is 0 Å². The smallest absolute Gasteiger partial charge is 0.160 e. The van der Waals surface area contributed by atoms with E-state index >= 15 is 0 Å². The minimum absolute atomic E-state index is 0.702. The topological polar surface area (TPSA) is 35.6 Å². The molecule has 3 aromatic heterocycles. The second-order valence-corrected chi connectivity index (χ2v) is 14.6. The van der Waals surface area contributed by atoms with Crippen LogP contribution in [0.2, 0.25) is 0 Å². The van der Waals surface area contributed by atoms with Gasteiger partial charge in [0.2, 0.25) is 0 Å². The normalized spacial score (nSPS) is 11.9. The lowest BCUT2D eigenvalue weighted by Crippen LogP contribution is -1.99. The van der Waals surface area contributed by atoms with Crippen molar-refractivity contribution in [3.8, 4) is 34.0 Å². The summed E-state index contributed by atoms with van der Waals surface area (Å²) in [6.45, 7) is 0. The molecule has 0 unspecified atom stereocenters. The molecule has 0 aliphatic carbocycles. The van der Waals surface area contributed by atoms with Crippen LogP contribution < -0.4 is 0 Å². The van der Waals surface area contributed by atoms with Crippen LogP contribution in [0.1, 0.15) is 0 Å². The van der Waals surface area contributed by atoms with Crippen LogP contribution in [0.25, 0.3) is 110 Å². The van der Waals surface area contributed by atoms with Gasteiger partial charge in [-0.3, -0.25) is 0 Å². The van der Waals surface area contributed by atoms with E-state index in [0.29, 0.717) is 5.82 Å². The van der Waals surface area contributed by atoms with Crippen LogP contribution in [0.4, 0.5) is 0 Å². The Morgan fingerprint density at radius 3 is 1.57 bits per heavy atom. The average molecular weight is 713 g/mol. The van der Waals surface area contributed by atoms with Crippen molar-refractivity contribution in [3.63, 3.8) is 0 Å². The van der Waals surface area contributed by atoms with Crippen molar-refractivity contribution >= 4 is 76.1 Å². The molecule has 3 heterocycles. The molecule has 56 heavy (non-hydrogen) atoms. The molecule has 4 nitrogen and oxygen atoms in total. The molecule has 9 aromatic carbocycles. The number of aromatic nitrogens is 4. The molecule has 0 amide bonds. The second kappa shape index (κ2) is 12.0. The molecular formula is C52H32N4. The van der Waals surface area contributed by atoms with Gasteiger partial charge in [-0.15, -0.1) is 0 Å². The third-order valence-corrected chi connectivity index (χ3v) is 11.5. The number of hydrogen-bond donors (Lipinski definition) is 0. The van der Waals surface area contributed by atoms with E-state index in [2.05, 4.69) is 203 Å². The summed E-state index contributed by atoms with van der Waals surface area (Å²) in [5.41, 5.74) is 10.9. The van der Waals surface area contributed by atoms with Crippen LogP contribution in [0.5, 0.6) is 0 Å². The summed E-state index contributed by atoms with van der Waals surface area (Å²) in [6, 6.07) is 69.6. The fourth-order valence-electron chi connectivity index (χ4n) is 8.99. The fourth-order valence-corrected chi connectivity index (χ4v) is 8.99. The van der Waals surface area contributed by atoms with Gasteiger partial charge in [0.1, 0.15) is 0 Å². The predicted octanol–water partition coefficient (Wildman–Crippen LogP) is 13.5. The SMILES string of the molecule is c1cc(-c2nc(-c3cccc4ccccc34)c3ccc4ccccc4c3n2)cc(-n2c3ccccc3c3cc(-n4c5ccccc5c5ccccc54)ccc32)c1. The van der Waals surface area contributed by atoms with E-state index in [4.69, 9.17) is 9.97 Å². The molecule has 0 radical (unpaired) electrons. The number of para-hydroxylation sites is 3. The summed E-state index contributed by atoms with van der Waals surface area (Å²) in [5.74, 6) is 0.702. The van der Waals surface area contributed by atoms with Crippen molar-refractivity contribution in [3.05, 3.63) is 194 Å². The Hall–Kier alpha value is -7.56. The van der Waals surface area contributed by atoms with Gasteiger partial charge >= 0.3 is 0 Å². The van der Waals surface area contributed by atoms with Crippen LogP contribution in [0.15, 0.2) is 194 Å². The van der Waals surface area contributed by atoms with Crippen LogP contribution in [-0.4, -0.2) is 19.1 Å². The Labute approximate surface area is 322 Å². The van der Waals surface area contributed by atoms with E-state index in [-0.39, 0.29) is 0 Å². The highest BCUT2D eigenvalue weighted by Crippen LogP contribution is 2.39. The largest absolute Gasteiger partial charge is 0.309 e. The van der Waals surface area contributed by atoms with Crippen molar-refractivity contribution in [1.82, 2.24) is 19.1 Å². The van der Waals surface area contributed by atoms with Gasteiger partial charge in [0.05, 0.1) is 33.3 Å². The minimum Gasteiger partial charge on any atom is -0.309 e. The standard InChI is InChI=1S/C52H32N4/c1-3-18-38-33(13-1)15-12-23-43(38)51-44-29-27-34-14-2-4-19-39(34)50(44)53-52(54-51)35-16-11-17-36(31-35)55-48-26-10-7-22-42(48)45-32-37(28-30-49(45)55)56-46-24-8-5-20-40(46)41-21-6-9-25-47(41)56/h1-32H. The maximum Gasteiger partial charge on any atom is 0.160 e. The van der Waals surface area contributed by atoms with Gasteiger partial charge in [-0.05, 0) is 70.8 Å². The molecule has 0 aliphatic heterocycles. The molecule has 0 saturated carbocycles. The molecule has 0 spiro atoms. The Kier molecular flexibility index (Phi) is 6.60. The van der Waals surface area contributed by atoms with Gasteiger partial charge in [0, 0.05) is 54.8 Å². The van der Waals surface area contributed by atoms with E-state index in [9.17, 15) is 0 Å². The van der Waals surface area contributed by atoms with Gasteiger partial charge in [-0.25, -0.2) is 9.97 Å². The zero-order chi connectivity index (χ0) is 36.7. The third kappa shape index (κ3) is 4.53. The monoisotopic (exact) mass is 712 g/mol. The quantitative estimate of drug-likeness (QED) is 0.170. The van der Waals surface area contributed by atoms with Crippen LogP contribution >= 0.6 is 0 Å². The minimum atomic E-state index is 0.702. The van der Waals surface area contributed by atoms with E-state index < -0.39 is 0 Å². The Bertz CT molecular complexity index is 3490. The molecule has 0 atom stereocenters. The van der Waals surface area contributed by atoms with Crippen molar-refractivity contribution in [1.29, 1.82) is 0 Å². The summed E-state index contributed by atoms with van der Waals surface area (Å²) < 4.78 is 4.77. The highest BCUT2D eigenvalue weighted by atomic mass is 15.0. The van der Waals surface area contributed by atoms with Gasteiger partial charge in [-0.1, -0.05) is 140 Å². The Morgan fingerprint density at radius 1 is 0.321 bits per heavy atom. The maximum atomic E-state index is 5.41. The maximum absolute atomic E-state index is 5.41. The summed E-state index contributed by atoms with van der Waals surface area (Å²) in [5, 5.41) is 10.6. The number of hydrogen-bond acceptors (Lipinski definition) is 2. The Balaban J connectivity index is 1.08. The van der Waals surface area contributed by atoms with Crippen molar-refractivity contribution in [2.75, 3.05) is 0 Å². The zero-order valence-electron chi connectivity index (χ0n) is 30.3. The fraction of sp³-hybridized carbons (Fsp3) is 0. The van der Waals surface area contributed by atoms with E-state index in [1.54, 1.807) is 0 Å². The lowest BCUT2D eigenvalue weighted by atomic mass is 9.97. The second-order valence-electron chi connectivity index (χ2n) is 14.6. The number of benzene rings is 9. The first kappa shape index (κ1) is 30.9. The van der Waals surface area contributed by atoms with Gasteiger partial charge in [0.15, 0.2) is 5.82 Å². The van der Waals surface area contributed by atoms with Crippen molar-refractivity contribution < 1.29 is 0 Å². The van der Waals surface area contributed by atoms with E-state index in [1.807, 2.05) is 0 Å². The summed E-state index contributed by atoms with van der Waals surface area (Å²) in [6.07, 6.45) is 0. The van der Waals surface area contributed by atoms with Crippen LogP contribution in [0, 0.1) is 0 Å². The zero-order valence-corrected chi connectivity index (χ0v) is 30.3. The molecule has 0 aliphatic rings. The van der Waals surface area contributed by atoms with Crippen LogP contribution in [0.3, 0.4) is 0 Å². The van der Waals surface area contributed by atoms with Crippen molar-refractivity contribution in [2.24, 2.45) is 0 Å². The summed E-state index contributed by atoms with van der Waals surface area (Å²) >= 11 is 0. The molecule has 260 valence electrons. The molecule has 0 N–H and O–H groups in total. The van der Waals surface area contributed by atoms with Gasteiger partial charge in [0.25, 0.3) is 0 Å². The highest BCUT2D eigenvalue weighted by Gasteiger charge is 2.19. The first-order chi connectivity index (χ1) is 27.8. The molecule has 0 fully saturated rings. The first-order valence-corrected chi connectivity index (χ1v) is 19.1. The molecule has 12 aromatic rings. The number of nitrogens with zero attached hydrogens (tertiary/aromatic N) is 4. The highest BCUT2D eigenvalue weighted by molar-refractivity contribution is 6.14. The van der Waals surface area contributed by atoms with E-state index in [0.717, 1.165) is 60.9 Å². The van der Waals surface area contributed by atoms with E-state index in [1.165, 1.54) is 43.4 Å². The molecule has 4 heteroatoms. The molecule has 0 saturated heterocycles. The first-order valence-electron chi connectivity index (χ1n) is 19.1. The lowest BCUT2D eigenvalue weighted by molar-refractivity contribution is 1.16. The van der Waals surface area contributed by atoms with Gasteiger partial charge in [-0.2, -0.15) is 0 Å². The summed E-state index contributed by atoms with van der Waals surface area (Å²) in [7, 11) is 0. The van der Waals surface area contributed by atoms with Crippen molar-refractivity contribution in [2.45, 2.75) is 0 Å². The molecular weight excluding hydrogens is 681 g/mol. The predicted molar refractivity (Wildman–Crippen MR) is 234 cm³/mol. The third-order valence-electron chi connectivity index (χ3n) is 11.5. The Morgan fingerprint density at radius 2 is 0.857 bits per heavy atom.